The van der Waals surface area contributed by atoms with E-state index in [4.69, 9.17) is 4.74 Å². The predicted molar refractivity (Wildman–Crippen MR) is 100 cm³/mol. The van der Waals surface area contributed by atoms with Gasteiger partial charge in [0.25, 0.3) is 10.0 Å². The second-order valence-corrected chi connectivity index (χ2v) is 7.79. The molecular formula is C18H19N3O5S. The van der Waals surface area contributed by atoms with Crippen LogP contribution in [-0.4, -0.2) is 30.6 Å². The van der Waals surface area contributed by atoms with Gasteiger partial charge in [0, 0.05) is 14.1 Å². The van der Waals surface area contributed by atoms with E-state index in [9.17, 15) is 18.0 Å². The van der Waals surface area contributed by atoms with Crippen molar-refractivity contribution in [3.05, 3.63) is 58.5 Å². The van der Waals surface area contributed by atoms with Crippen LogP contribution in [0.3, 0.4) is 0 Å². The van der Waals surface area contributed by atoms with Crippen LogP contribution in [-0.2, 0) is 35.3 Å². The summed E-state index contributed by atoms with van der Waals surface area (Å²) < 4.78 is 35.0. The van der Waals surface area contributed by atoms with Gasteiger partial charge in [-0.05, 0) is 35.9 Å². The lowest BCUT2D eigenvalue weighted by Gasteiger charge is -2.08. The molecule has 1 aromatic heterocycles. The highest BCUT2D eigenvalue weighted by molar-refractivity contribution is 7.90. The standard InChI is InChI=1S/C18H19N3O5S/c1-20-15-9-8-14(11-16(15)21(2)18(20)23)27(24,25)19-17(22)10-12-4-6-13(26-3)7-5-12/h4-9,11H,10H2,1-3H3,(H,19,22). The largest absolute Gasteiger partial charge is 0.497 e. The number of sulfonamides is 1. The fourth-order valence-electron chi connectivity index (χ4n) is 2.83. The number of nitrogens with one attached hydrogen (secondary N) is 1. The van der Waals surface area contributed by atoms with Crippen molar-refractivity contribution < 1.29 is 17.9 Å². The lowest BCUT2D eigenvalue weighted by atomic mass is 10.1. The van der Waals surface area contributed by atoms with E-state index >= 15 is 0 Å². The zero-order chi connectivity index (χ0) is 19.8. The van der Waals surface area contributed by atoms with Crippen LogP contribution in [0.1, 0.15) is 5.56 Å². The molecular weight excluding hydrogens is 370 g/mol. The highest BCUT2D eigenvalue weighted by Crippen LogP contribution is 2.18. The summed E-state index contributed by atoms with van der Waals surface area (Å²) in [6, 6.07) is 11.1. The minimum absolute atomic E-state index is 0.0840. The number of nitrogens with zero attached hydrogens (tertiary/aromatic N) is 2. The first kappa shape index (κ1) is 18.7. The second-order valence-electron chi connectivity index (χ2n) is 6.10. The highest BCUT2D eigenvalue weighted by Gasteiger charge is 2.20. The molecule has 0 fully saturated rings. The number of methoxy groups -OCH3 is 1. The van der Waals surface area contributed by atoms with E-state index in [1.54, 1.807) is 44.4 Å². The second kappa shape index (κ2) is 6.92. The average molecular weight is 389 g/mol. The summed E-state index contributed by atoms with van der Waals surface area (Å²) in [6.45, 7) is 0. The smallest absolute Gasteiger partial charge is 0.328 e. The first-order chi connectivity index (χ1) is 12.7. The van der Waals surface area contributed by atoms with E-state index in [0.29, 0.717) is 22.3 Å². The number of aromatic nitrogens is 2. The lowest BCUT2D eigenvalue weighted by molar-refractivity contribution is -0.118. The number of amides is 1. The maximum Gasteiger partial charge on any atom is 0.328 e. The van der Waals surface area contributed by atoms with Crippen molar-refractivity contribution in [1.82, 2.24) is 13.9 Å². The van der Waals surface area contributed by atoms with Crippen LogP contribution in [0.2, 0.25) is 0 Å². The molecule has 0 bridgehead atoms. The monoisotopic (exact) mass is 389 g/mol. The molecule has 3 aromatic rings. The number of carbonyl (C=O) groups is 1. The van der Waals surface area contributed by atoms with Gasteiger partial charge in [0.2, 0.25) is 5.91 Å². The number of carbonyl (C=O) groups excluding carboxylic acids is 1. The molecule has 1 heterocycles. The van der Waals surface area contributed by atoms with E-state index in [1.165, 1.54) is 28.4 Å². The Bertz CT molecular complexity index is 1170. The number of hydrogen-bond donors (Lipinski definition) is 1. The Morgan fingerprint density at radius 3 is 2.30 bits per heavy atom. The molecule has 9 heteroatoms. The van der Waals surface area contributed by atoms with Gasteiger partial charge in [-0.3, -0.25) is 13.9 Å². The van der Waals surface area contributed by atoms with Crippen molar-refractivity contribution in [2.45, 2.75) is 11.3 Å². The molecule has 0 aliphatic carbocycles. The molecule has 0 saturated heterocycles. The quantitative estimate of drug-likeness (QED) is 0.700. The molecule has 27 heavy (non-hydrogen) atoms. The third-order valence-corrected chi connectivity index (χ3v) is 5.70. The normalized spacial score (nSPS) is 11.5. The maximum atomic E-state index is 12.5. The van der Waals surface area contributed by atoms with Crippen LogP contribution < -0.4 is 15.1 Å². The molecule has 0 saturated carbocycles. The first-order valence-corrected chi connectivity index (χ1v) is 9.55. The Hall–Kier alpha value is -3.07. The van der Waals surface area contributed by atoms with Gasteiger partial charge in [0.15, 0.2) is 0 Å². The summed E-state index contributed by atoms with van der Waals surface area (Å²) in [7, 11) is 0.648. The van der Waals surface area contributed by atoms with E-state index < -0.39 is 15.9 Å². The summed E-state index contributed by atoms with van der Waals surface area (Å²) in [5.74, 6) is -0.00392. The van der Waals surface area contributed by atoms with Gasteiger partial charge >= 0.3 is 5.69 Å². The van der Waals surface area contributed by atoms with Crippen LogP contribution in [0.4, 0.5) is 0 Å². The molecule has 0 aliphatic rings. The van der Waals surface area contributed by atoms with Gasteiger partial charge in [0.1, 0.15) is 5.75 Å². The molecule has 2 aromatic carbocycles. The molecule has 0 radical (unpaired) electrons. The zero-order valence-electron chi connectivity index (χ0n) is 15.1. The molecule has 3 rings (SSSR count). The molecule has 1 amide bonds. The van der Waals surface area contributed by atoms with E-state index in [1.807, 2.05) is 0 Å². The Morgan fingerprint density at radius 1 is 1.04 bits per heavy atom. The fraction of sp³-hybridized carbons (Fsp3) is 0.222. The number of hydrogen-bond acceptors (Lipinski definition) is 5. The molecule has 0 atom stereocenters. The van der Waals surface area contributed by atoms with Gasteiger partial charge < -0.3 is 4.74 Å². The Morgan fingerprint density at radius 2 is 1.67 bits per heavy atom. The zero-order valence-corrected chi connectivity index (χ0v) is 15.9. The maximum absolute atomic E-state index is 12.5. The topological polar surface area (TPSA) is 99.4 Å². The van der Waals surface area contributed by atoms with Crippen LogP contribution in [0, 0.1) is 0 Å². The van der Waals surface area contributed by atoms with Gasteiger partial charge in [0.05, 0.1) is 29.5 Å². The summed E-state index contributed by atoms with van der Waals surface area (Å²) in [4.78, 5) is 24.1. The third kappa shape index (κ3) is 3.59. The van der Waals surface area contributed by atoms with Crippen LogP contribution in [0.5, 0.6) is 5.75 Å². The predicted octanol–water partition coefficient (Wildman–Crippen LogP) is 0.933. The van der Waals surface area contributed by atoms with E-state index in [0.717, 1.165) is 0 Å². The fourth-order valence-corrected chi connectivity index (χ4v) is 3.83. The summed E-state index contributed by atoms with van der Waals surface area (Å²) in [5, 5.41) is 0. The number of rotatable bonds is 5. The lowest BCUT2D eigenvalue weighted by Crippen LogP contribution is -2.31. The molecule has 1 N–H and O–H groups in total. The van der Waals surface area contributed by atoms with Crippen molar-refractivity contribution in [2.75, 3.05) is 7.11 Å². The molecule has 142 valence electrons. The van der Waals surface area contributed by atoms with Crippen LogP contribution in [0.25, 0.3) is 11.0 Å². The van der Waals surface area contributed by atoms with Crippen LogP contribution >= 0.6 is 0 Å². The first-order valence-electron chi connectivity index (χ1n) is 8.07. The van der Waals surface area contributed by atoms with Crippen molar-refractivity contribution >= 4 is 27.0 Å². The highest BCUT2D eigenvalue weighted by atomic mass is 32.2. The molecule has 8 nitrogen and oxygen atoms in total. The number of aryl methyl sites for hydroxylation is 2. The number of ether oxygens (including phenoxy) is 1. The minimum atomic E-state index is -4.05. The van der Waals surface area contributed by atoms with Crippen molar-refractivity contribution in [3.63, 3.8) is 0 Å². The van der Waals surface area contributed by atoms with E-state index in [2.05, 4.69) is 4.72 Å². The molecule has 0 spiro atoms. The van der Waals surface area contributed by atoms with Gasteiger partial charge in [-0.1, -0.05) is 12.1 Å². The number of fused-ring (bicyclic) bond motifs is 1. The Balaban J connectivity index is 1.83. The van der Waals surface area contributed by atoms with Crippen LogP contribution in [0.15, 0.2) is 52.2 Å². The summed E-state index contributed by atoms with van der Waals surface area (Å²) >= 11 is 0. The van der Waals surface area contributed by atoms with Gasteiger partial charge in [-0.2, -0.15) is 0 Å². The molecule has 0 unspecified atom stereocenters. The number of benzene rings is 2. The Kier molecular flexibility index (Phi) is 4.79. The average Bonchev–Trinajstić information content (AvgIpc) is 2.86. The Labute approximate surface area is 156 Å². The van der Waals surface area contributed by atoms with Crippen molar-refractivity contribution in [3.8, 4) is 5.75 Å². The summed E-state index contributed by atoms with van der Waals surface area (Å²) in [5.41, 5.74) is 1.46. The van der Waals surface area contributed by atoms with Crippen molar-refractivity contribution in [1.29, 1.82) is 0 Å². The minimum Gasteiger partial charge on any atom is -0.497 e. The van der Waals surface area contributed by atoms with Gasteiger partial charge in [-0.25, -0.2) is 17.9 Å². The number of imidazole rings is 1. The third-order valence-electron chi connectivity index (χ3n) is 4.33. The van der Waals surface area contributed by atoms with Crippen molar-refractivity contribution in [2.24, 2.45) is 14.1 Å². The summed E-state index contributed by atoms with van der Waals surface area (Å²) in [6.07, 6.45) is -0.0880. The SMILES string of the molecule is COc1ccc(CC(=O)NS(=O)(=O)c2ccc3c(c2)n(C)c(=O)n3C)cc1. The molecule has 0 aliphatic heterocycles. The van der Waals surface area contributed by atoms with Gasteiger partial charge in [-0.15, -0.1) is 0 Å². The van der Waals surface area contributed by atoms with E-state index in [-0.39, 0.29) is 17.0 Å².